The van der Waals surface area contributed by atoms with Gasteiger partial charge in [-0.15, -0.1) is 0 Å². The van der Waals surface area contributed by atoms with Gasteiger partial charge in [0.1, 0.15) is 5.65 Å². The number of pyridine rings is 1. The zero-order valence-electron chi connectivity index (χ0n) is 12.4. The Bertz CT molecular complexity index is 854. The lowest BCUT2D eigenvalue weighted by Crippen LogP contribution is -2.12. The maximum Gasteiger partial charge on any atom is 0.257 e. The summed E-state index contributed by atoms with van der Waals surface area (Å²) in [4.78, 5) is 16.9. The van der Waals surface area contributed by atoms with Crippen LogP contribution < -0.4 is 5.32 Å². The molecule has 0 saturated carbocycles. The van der Waals surface area contributed by atoms with Gasteiger partial charge in [-0.05, 0) is 43.7 Å². The Hall–Kier alpha value is -2.14. The molecule has 0 radical (unpaired) electrons. The van der Waals surface area contributed by atoms with Gasteiger partial charge in [-0.25, -0.2) is 4.98 Å². The van der Waals surface area contributed by atoms with Crippen molar-refractivity contribution < 1.29 is 4.79 Å². The number of benzene rings is 1. The fourth-order valence-corrected chi connectivity index (χ4v) is 2.85. The van der Waals surface area contributed by atoms with Gasteiger partial charge in [-0.3, -0.25) is 4.79 Å². The van der Waals surface area contributed by atoms with Crippen LogP contribution in [0.15, 0.2) is 47.1 Å². The third kappa shape index (κ3) is 2.76. The van der Waals surface area contributed by atoms with Gasteiger partial charge in [0.25, 0.3) is 5.91 Å². The van der Waals surface area contributed by atoms with E-state index in [0.717, 1.165) is 33.6 Å². The van der Waals surface area contributed by atoms with Crippen LogP contribution in [0.5, 0.6) is 0 Å². The topological polar surface area (TPSA) is 46.4 Å². The number of nitrogens with one attached hydrogen (secondary N) is 1. The average Bonchev–Trinajstić information content (AvgIpc) is 2.83. The number of rotatable bonds is 3. The summed E-state index contributed by atoms with van der Waals surface area (Å²) >= 11 is 3.40. The van der Waals surface area contributed by atoms with Crippen molar-refractivity contribution in [2.24, 2.45) is 0 Å². The summed E-state index contributed by atoms with van der Waals surface area (Å²) in [7, 11) is 0. The summed E-state index contributed by atoms with van der Waals surface area (Å²) in [5.41, 5.74) is 4.37. The highest BCUT2D eigenvalue weighted by atomic mass is 79.9. The quantitative estimate of drug-likeness (QED) is 0.762. The molecule has 3 aromatic rings. The van der Waals surface area contributed by atoms with Gasteiger partial charge < -0.3 is 9.72 Å². The van der Waals surface area contributed by atoms with E-state index < -0.39 is 0 Å². The molecular formula is C17H16BrN3O. The zero-order chi connectivity index (χ0) is 15.7. The Morgan fingerprint density at radius 2 is 2.14 bits per heavy atom. The molecule has 22 heavy (non-hydrogen) atoms. The van der Waals surface area contributed by atoms with Crippen molar-refractivity contribution in [3.63, 3.8) is 0 Å². The summed E-state index contributed by atoms with van der Waals surface area (Å²) in [5.74, 6) is -0.133. The van der Waals surface area contributed by atoms with Crippen LogP contribution in [0, 0.1) is 6.92 Å². The molecule has 0 atom stereocenters. The summed E-state index contributed by atoms with van der Waals surface area (Å²) in [6, 6.07) is 11.2. The minimum Gasteiger partial charge on any atom is -0.322 e. The van der Waals surface area contributed by atoms with Gasteiger partial charge >= 0.3 is 0 Å². The Morgan fingerprint density at radius 1 is 1.32 bits per heavy atom. The molecule has 0 fully saturated rings. The summed E-state index contributed by atoms with van der Waals surface area (Å²) in [6.07, 6.45) is 2.72. The standard InChI is InChI=1S/C17H16BrN3O/c1-3-15-11(2)21-10-12(7-8-16(21)20-15)17(22)19-14-6-4-5-13(18)9-14/h4-10H,3H2,1-2H3,(H,19,22). The van der Waals surface area contributed by atoms with E-state index in [1.165, 1.54) is 0 Å². The van der Waals surface area contributed by atoms with Crippen LogP contribution in [-0.4, -0.2) is 15.3 Å². The second-order valence-corrected chi connectivity index (χ2v) is 6.02. The number of carbonyl (C=O) groups excluding carboxylic acids is 1. The van der Waals surface area contributed by atoms with Crippen molar-refractivity contribution >= 4 is 33.2 Å². The van der Waals surface area contributed by atoms with Crippen molar-refractivity contribution in [1.29, 1.82) is 0 Å². The van der Waals surface area contributed by atoms with Crippen LogP contribution in [-0.2, 0) is 6.42 Å². The molecule has 1 N–H and O–H groups in total. The predicted octanol–water partition coefficient (Wildman–Crippen LogP) is 4.22. The van der Waals surface area contributed by atoms with Crippen LogP contribution in [0.1, 0.15) is 28.7 Å². The first-order valence-corrected chi connectivity index (χ1v) is 7.92. The lowest BCUT2D eigenvalue weighted by Gasteiger charge is -2.06. The average molecular weight is 358 g/mol. The molecule has 0 aliphatic carbocycles. The van der Waals surface area contributed by atoms with Crippen LogP contribution >= 0.6 is 15.9 Å². The van der Waals surface area contributed by atoms with Crippen LogP contribution in [0.25, 0.3) is 5.65 Å². The number of hydrogen-bond donors (Lipinski definition) is 1. The number of halogens is 1. The van der Waals surface area contributed by atoms with Crippen molar-refractivity contribution in [3.05, 3.63) is 64.0 Å². The monoisotopic (exact) mass is 357 g/mol. The minimum absolute atomic E-state index is 0.133. The number of imidazole rings is 1. The first-order valence-electron chi connectivity index (χ1n) is 7.13. The van der Waals surface area contributed by atoms with Crippen molar-refractivity contribution in [2.45, 2.75) is 20.3 Å². The lowest BCUT2D eigenvalue weighted by molar-refractivity contribution is 0.102. The molecule has 5 heteroatoms. The number of carbonyl (C=O) groups is 1. The van der Waals surface area contributed by atoms with E-state index in [9.17, 15) is 4.79 Å². The molecule has 2 heterocycles. The molecule has 0 bridgehead atoms. The Balaban J connectivity index is 1.92. The molecule has 4 nitrogen and oxygen atoms in total. The van der Waals surface area contributed by atoms with Crippen LogP contribution in [0.4, 0.5) is 5.69 Å². The van der Waals surface area contributed by atoms with Gasteiger partial charge in [0.15, 0.2) is 0 Å². The minimum atomic E-state index is -0.133. The van der Waals surface area contributed by atoms with Gasteiger partial charge in [0.05, 0.1) is 11.3 Å². The number of anilines is 1. The first-order chi connectivity index (χ1) is 10.6. The largest absolute Gasteiger partial charge is 0.322 e. The fraction of sp³-hybridized carbons (Fsp3) is 0.176. The van der Waals surface area contributed by atoms with E-state index in [2.05, 4.69) is 33.2 Å². The predicted molar refractivity (Wildman–Crippen MR) is 91.4 cm³/mol. The van der Waals surface area contributed by atoms with E-state index in [1.807, 2.05) is 47.9 Å². The van der Waals surface area contributed by atoms with Crippen LogP contribution in [0.3, 0.4) is 0 Å². The number of aryl methyl sites for hydroxylation is 2. The number of hydrogen-bond acceptors (Lipinski definition) is 2. The summed E-state index contributed by atoms with van der Waals surface area (Å²) in [6.45, 7) is 4.10. The van der Waals surface area contributed by atoms with E-state index in [4.69, 9.17) is 0 Å². The Labute approximate surface area is 137 Å². The molecule has 0 aliphatic heterocycles. The number of fused-ring (bicyclic) bond motifs is 1. The highest BCUT2D eigenvalue weighted by Gasteiger charge is 2.11. The van der Waals surface area contributed by atoms with Crippen molar-refractivity contribution in [1.82, 2.24) is 9.38 Å². The van der Waals surface area contributed by atoms with E-state index in [1.54, 1.807) is 6.07 Å². The van der Waals surface area contributed by atoms with Crippen molar-refractivity contribution in [2.75, 3.05) is 5.32 Å². The molecular weight excluding hydrogens is 342 g/mol. The Kier molecular flexibility index (Phi) is 3.98. The first kappa shape index (κ1) is 14.8. The normalized spacial score (nSPS) is 10.9. The van der Waals surface area contributed by atoms with E-state index in [-0.39, 0.29) is 5.91 Å². The second-order valence-electron chi connectivity index (χ2n) is 5.11. The van der Waals surface area contributed by atoms with Gasteiger partial charge in [-0.1, -0.05) is 28.9 Å². The smallest absolute Gasteiger partial charge is 0.257 e. The van der Waals surface area contributed by atoms with E-state index >= 15 is 0 Å². The molecule has 112 valence electrons. The third-order valence-electron chi connectivity index (χ3n) is 3.64. The molecule has 0 aliphatic rings. The van der Waals surface area contributed by atoms with Crippen molar-refractivity contribution in [3.8, 4) is 0 Å². The molecule has 0 spiro atoms. The molecule has 1 aromatic carbocycles. The highest BCUT2D eigenvalue weighted by Crippen LogP contribution is 2.18. The second kappa shape index (κ2) is 5.93. The van der Waals surface area contributed by atoms with Gasteiger partial charge in [0.2, 0.25) is 0 Å². The van der Waals surface area contributed by atoms with Crippen LogP contribution in [0.2, 0.25) is 0 Å². The maximum absolute atomic E-state index is 12.4. The molecule has 3 rings (SSSR count). The highest BCUT2D eigenvalue weighted by molar-refractivity contribution is 9.10. The summed E-state index contributed by atoms with van der Waals surface area (Å²) < 4.78 is 2.90. The molecule has 0 unspecified atom stereocenters. The van der Waals surface area contributed by atoms with Gasteiger partial charge in [0, 0.05) is 22.1 Å². The molecule has 2 aromatic heterocycles. The van der Waals surface area contributed by atoms with Gasteiger partial charge in [-0.2, -0.15) is 0 Å². The maximum atomic E-state index is 12.4. The lowest BCUT2D eigenvalue weighted by atomic mass is 10.2. The summed E-state index contributed by atoms with van der Waals surface area (Å²) in [5, 5.41) is 2.90. The zero-order valence-corrected chi connectivity index (χ0v) is 14.0. The third-order valence-corrected chi connectivity index (χ3v) is 4.13. The number of aromatic nitrogens is 2. The fourth-order valence-electron chi connectivity index (χ4n) is 2.45. The molecule has 1 amide bonds. The Morgan fingerprint density at radius 3 is 2.86 bits per heavy atom. The number of amides is 1. The van der Waals surface area contributed by atoms with E-state index in [0.29, 0.717) is 5.56 Å². The molecule has 0 saturated heterocycles. The SMILES string of the molecule is CCc1nc2ccc(C(=O)Nc3cccc(Br)c3)cn2c1C. The number of nitrogens with zero attached hydrogens (tertiary/aromatic N) is 2.